The maximum Gasteiger partial charge on any atom is 0.214 e. The Labute approximate surface area is 95.2 Å². The summed E-state index contributed by atoms with van der Waals surface area (Å²) in [6.07, 6.45) is -0.941. The maximum absolute atomic E-state index is 9.10. The SMILES string of the molecule is Cc1cc(C)cc(OCC2CNC(O)O2)c1. The molecule has 1 aliphatic heterocycles. The number of nitrogens with one attached hydrogen (secondary N) is 1. The van der Waals surface area contributed by atoms with Crippen molar-refractivity contribution >= 4 is 0 Å². The molecular weight excluding hydrogens is 206 g/mol. The zero-order valence-electron chi connectivity index (χ0n) is 9.56. The first kappa shape index (κ1) is 11.4. The third-order valence-electron chi connectivity index (χ3n) is 2.47. The van der Waals surface area contributed by atoms with Crippen molar-refractivity contribution in [1.82, 2.24) is 5.32 Å². The summed E-state index contributed by atoms with van der Waals surface area (Å²) in [6, 6.07) is 6.09. The number of hydrogen-bond donors (Lipinski definition) is 2. The van der Waals surface area contributed by atoms with Crippen LogP contribution < -0.4 is 10.1 Å². The lowest BCUT2D eigenvalue weighted by molar-refractivity contribution is -0.107. The lowest BCUT2D eigenvalue weighted by Gasteiger charge is -2.12. The van der Waals surface area contributed by atoms with E-state index in [-0.39, 0.29) is 6.10 Å². The van der Waals surface area contributed by atoms with Crippen LogP contribution in [-0.2, 0) is 4.74 Å². The van der Waals surface area contributed by atoms with Gasteiger partial charge in [-0.3, -0.25) is 5.32 Å². The molecule has 1 heterocycles. The average Bonchev–Trinajstić information content (AvgIpc) is 2.60. The molecule has 1 saturated heterocycles. The van der Waals surface area contributed by atoms with E-state index in [1.54, 1.807) is 0 Å². The first-order chi connectivity index (χ1) is 7.63. The summed E-state index contributed by atoms with van der Waals surface area (Å²) < 4.78 is 10.8. The Bertz CT molecular complexity index is 347. The van der Waals surface area contributed by atoms with E-state index in [1.165, 1.54) is 11.1 Å². The van der Waals surface area contributed by atoms with Gasteiger partial charge in [0.05, 0.1) is 0 Å². The summed E-state index contributed by atoms with van der Waals surface area (Å²) in [5, 5.41) is 11.9. The number of ether oxygens (including phenoxy) is 2. The Kier molecular flexibility index (Phi) is 3.43. The van der Waals surface area contributed by atoms with E-state index in [2.05, 4.69) is 11.4 Å². The largest absolute Gasteiger partial charge is 0.491 e. The van der Waals surface area contributed by atoms with Gasteiger partial charge in [0.2, 0.25) is 6.41 Å². The van der Waals surface area contributed by atoms with Gasteiger partial charge in [0.1, 0.15) is 18.5 Å². The van der Waals surface area contributed by atoms with Crippen LogP contribution in [0.5, 0.6) is 5.75 Å². The maximum atomic E-state index is 9.10. The van der Waals surface area contributed by atoms with Crippen LogP contribution in [0.1, 0.15) is 11.1 Å². The highest BCUT2D eigenvalue weighted by Crippen LogP contribution is 2.17. The highest BCUT2D eigenvalue weighted by molar-refractivity contribution is 5.32. The van der Waals surface area contributed by atoms with E-state index in [0.717, 1.165) is 5.75 Å². The van der Waals surface area contributed by atoms with Gasteiger partial charge >= 0.3 is 0 Å². The Morgan fingerprint density at radius 3 is 2.62 bits per heavy atom. The Morgan fingerprint density at radius 1 is 1.38 bits per heavy atom. The number of rotatable bonds is 3. The molecule has 0 amide bonds. The van der Waals surface area contributed by atoms with E-state index in [1.807, 2.05) is 26.0 Å². The molecule has 1 aromatic carbocycles. The third kappa shape index (κ3) is 2.95. The molecule has 0 saturated carbocycles. The van der Waals surface area contributed by atoms with Crippen molar-refractivity contribution in [2.24, 2.45) is 0 Å². The summed E-state index contributed by atoms with van der Waals surface area (Å²) in [6.45, 7) is 5.15. The first-order valence-corrected chi connectivity index (χ1v) is 5.41. The van der Waals surface area contributed by atoms with Crippen molar-refractivity contribution in [3.05, 3.63) is 29.3 Å². The Morgan fingerprint density at radius 2 is 2.06 bits per heavy atom. The second-order valence-electron chi connectivity index (χ2n) is 4.15. The molecule has 88 valence electrons. The molecule has 0 spiro atoms. The van der Waals surface area contributed by atoms with Crippen LogP contribution in [0, 0.1) is 13.8 Å². The van der Waals surface area contributed by atoms with Crippen LogP contribution in [0.2, 0.25) is 0 Å². The van der Waals surface area contributed by atoms with Gasteiger partial charge in [-0.2, -0.15) is 0 Å². The van der Waals surface area contributed by atoms with Crippen LogP contribution in [0.4, 0.5) is 0 Å². The van der Waals surface area contributed by atoms with Gasteiger partial charge in [-0.1, -0.05) is 6.07 Å². The molecule has 1 fully saturated rings. The lowest BCUT2D eigenvalue weighted by Crippen LogP contribution is -2.22. The molecule has 2 atom stereocenters. The number of hydrogen-bond acceptors (Lipinski definition) is 4. The van der Waals surface area contributed by atoms with Gasteiger partial charge in [0.25, 0.3) is 0 Å². The van der Waals surface area contributed by atoms with Crippen molar-refractivity contribution in [2.75, 3.05) is 13.2 Å². The Balaban J connectivity index is 1.89. The van der Waals surface area contributed by atoms with Gasteiger partial charge in [-0.25, -0.2) is 0 Å². The average molecular weight is 223 g/mol. The van der Waals surface area contributed by atoms with Crippen molar-refractivity contribution in [2.45, 2.75) is 26.4 Å². The normalized spacial score (nSPS) is 24.7. The van der Waals surface area contributed by atoms with Crippen molar-refractivity contribution in [1.29, 1.82) is 0 Å². The number of benzene rings is 1. The number of aliphatic hydroxyl groups excluding tert-OH is 1. The molecule has 0 aliphatic carbocycles. The van der Waals surface area contributed by atoms with E-state index in [0.29, 0.717) is 13.2 Å². The fourth-order valence-electron chi connectivity index (χ4n) is 1.81. The van der Waals surface area contributed by atoms with Gasteiger partial charge in [-0.05, 0) is 37.1 Å². The highest BCUT2D eigenvalue weighted by atomic mass is 16.6. The second kappa shape index (κ2) is 4.82. The van der Waals surface area contributed by atoms with E-state index in [9.17, 15) is 0 Å². The minimum Gasteiger partial charge on any atom is -0.491 e. The number of aliphatic hydroxyl groups is 1. The summed E-state index contributed by atoms with van der Waals surface area (Å²) in [5.41, 5.74) is 2.36. The molecule has 16 heavy (non-hydrogen) atoms. The molecule has 0 bridgehead atoms. The molecule has 2 rings (SSSR count). The summed E-state index contributed by atoms with van der Waals surface area (Å²) in [5.74, 6) is 0.850. The van der Waals surface area contributed by atoms with E-state index in [4.69, 9.17) is 14.6 Å². The van der Waals surface area contributed by atoms with Crippen LogP contribution in [-0.4, -0.2) is 30.8 Å². The number of aryl methyl sites for hydroxylation is 2. The van der Waals surface area contributed by atoms with Crippen molar-refractivity contribution in [3.63, 3.8) is 0 Å². The second-order valence-corrected chi connectivity index (χ2v) is 4.15. The van der Waals surface area contributed by atoms with Crippen molar-refractivity contribution in [3.8, 4) is 5.75 Å². The zero-order valence-corrected chi connectivity index (χ0v) is 9.56. The van der Waals surface area contributed by atoms with Gasteiger partial charge in [0.15, 0.2) is 0 Å². The lowest BCUT2D eigenvalue weighted by atomic mass is 10.1. The molecule has 4 nitrogen and oxygen atoms in total. The zero-order chi connectivity index (χ0) is 11.5. The predicted molar refractivity (Wildman–Crippen MR) is 60.3 cm³/mol. The van der Waals surface area contributed by atoms with E-state index >= 15 is 0 Å². The molecular formula is C12H17NO3. The quantitative estimate of drug-likeness (QED) is 0.801. The topological polar surface area (TPSA) is 50.7 Å². The molecule has 2 N–H and O–H groups in total. The standard InChI is InChI=1S/C12H17NO3/c1-8-3-9(2)5-10(4-8)15-7-11-6-13-12(14)16-11/h3-5,11-14H,6-7H2,1-2H3. The fourth-order valence-corrected chi connectivity index (χ4v) is 1.81. The molecule has 1 aliphatic rings. The van der Waals surface area contributed by atoms with Gasteiger partial charge < -0.3 is 14.6 Å². The fraction of sp³-hybridized carbons (Fsp3) is 0.500. The van der Waals surface area contributed by atoms with Gasteiger partial charge in [0, 0.05) is 6.54 Å². The Hall–Kier alpha value is -1.10. The minimum atomic E-state index is -0.854. The first-order valence-electron chi connectivity index (χ1n) is 5.41. The van der Waals surface area contributed by atoms with Crippen LogP contribution >= 0.6 is 0 Å². The van der Waals surface area contributed by atoms with Crippen LogP contribution in [0.15, 0.2) is 18.2 Å². The van der Waals surface area contributed by atoms with Crippen LogP contribution in [0.25, 0.3) is 0 Å². The molecule has 4 heteroatoms. The molecule has 2 unspecified atom stereocenters. The minimum absolute atomic E-state index is 0.0872. The van der Waals surface area contributed by atoms with Crippen LogP contribution in [0.3, 0.4) is 0 Å². The smallest absolute Gasteiger partial charge is 0.214 e. The molecule has 0 aromatic heterocycles. The third-order valence-corrected chi connectivity index (χ3v) is 2.47. The monoisotopic (exact) mass is 223 g/mol. The van der Waals surface area contributed by atoms with Crippen molar-refractivity contribution < 1.29 is 14.6 Å². The predicted octanol–water partition coefficient (Wildman–Crippen LogP) is 0.947. The summed E-state index contributed by atoms with van der Waals surface area (Å²) in [7, 11) is 0. The summed E-state index contributed by atoms with van der Waals surface area (Å²) in [4.78, 5) is 0. The molecule has 1 aromatic rings. The molecule has 0 radical (unpaired) electrons. The highest BCUT2D eigenvalue weighted by Gasteiger charge is 2.22. The van der Waals surface area contributed by atoms with Gasteiger partial charge in [-0.15, -0.1) is 0 Å². The van der Waals surface area contributed by atoms with E-state index < -0.39 is 6.41 Å². The summed E-state index contributed by atoms with van der Waals surface area (Å²) >= 11 is 0.